The molecule has 8 heteroatoms. The second-order valence-electron chi connectivity index (χ2n) is 5.14. The van der Waals surface area contributed by atoms with Gasteiger partial charge in [0.15, 0.2) is 11.6 Å². The van der Waals surface area contributed by atoms with Crippen molar-refractivity contribution in [2.45, 2.75) is 10.9 Å². The maximum Gasteiger partial charge on any atom is 0.240 e. The highest BCUT2D eigenvalue weighted by molar-refractivity contribution is 7.89. The first-order valence-electron chi connectivity index (χ1n) is 6.88. The second kappa shape index (κ2) is 7.12. The van der Waals surface area contributed by atoms with Crippen LogP contribution in [0.1, 0.15) is 11.8 Å². The van der Waals surface area contributed by atoms with Crippen molar-refractivity contribution in [3.05, 3.63) is 48.2 Å². The smallest absolute Gasteiger partial charge is 0.240 e. The predicted octanol–water partition coefficient (Wildman–Crippen LogP) is 2.01. The van der Waals surface area contributed by atoms with Crippen molar-refractivity contribution >= 4 is 10.0 Å². The molecule has 0 aliphatic heterocycles. The lowest BCUT2D eigenvalue weighted by atomic mass is 10.2. The fraction of sp³-hybridized carbons (Fsp3) is 0.333. The molecule has 0 saturated heterocycles. The zero-order chi connectivity index (χ0) is 17.0. The average Bonchev–Trinajstić information content (AvgIpc) is 3.01. The van der Waals surface area contributed by atoms with Crippen LogP contribution in [-0.2, 0) is 10.0 Å². The summed E-state index contributed by atoms with van der Waals surface area (Å²) < 4.78 is 50.9. The number of nitrogens with zero attached hydrogens (tertiary/aromatic N) is 1. The minimum Gasteiger partial charge on any atom is -0.494 e. The van der Waals surface area contributed by atoms with Crippen molar-refractivity contribution < 1.29 is 22.0 Å². The number of halogens is 1. The first-order valence-corrected chi connectivity index (χ1v) is 8.36. The third-order valence-corrected chi connectivity index (χ3v) is 4.82. The molecule has 1 atom stereocenters. The lowest BCUT2D eigenvalue weighted by Crippen LogP contribution is -2.34. The Morgan fingerprint density at radius 1 is 1.35 bits per heavy atom. The van der Waals surface area contributed by atoms with E-state index < -0.39 is 15.8 Å². The SMILES string of the molecule is COc1ccc(S(=O)(=O)NC[C@@H](c2ccco2)N(C)C)cc1F. The van der Waals surface area contributed by atoms with Crippen molar-refractivity contribution in [2.75, 3.05) is 27.7 Å². The summed E-state index contributed by atoms with van der Waals surface area (Å²) in [5.41, 5.74) is 0. The highest BCUT2D eigenvalue weighted by atomic mass is 32.2. The summed E-state index contributed by atoms with van der Waals surface area (Å²) in [6.45, 7) is 0.0937. The van der Waals surface area contributed by atoms with Crippen LogP contribution < -0.4 is 9.46 Å². The van der Waals surface area contributed by atoms with Crippen molar-refractivity contribution in [1.82, 2.24) is 9.62 Å². The number of hydrogen-bond acceptors (Lipinski definition) is 5. The van der Waals surface area contributed by atoms with Gasteiger partial charge in [0.25, 0.3) is 0 Å². The first-order chi connectivity index (χ1) is 10.8. The number of rotatable bonds is 7. The lowest BCUT2D eigenvalue weighted by Gasteiger charge is -2.22. The zero-order valence-corrected chi connectivity index (χ0v) is 13.9. The Morgan fingerprint density at radius 2 is 2.09 bits per heavy atom. The Labute approximate surface area is 134 Å². The van der Waals surface area contributed by atoms with E-state index >= 15 is 0 Å². The van der Waals surface area contributed by atoms with Crippen molar-refractivity contribution in [3.63, 3.8) is 0 Å². The van der Waals surface area contributed by atoms with Crippen molar-refractivity contribution in [2.24, 2.45) is 0 Å². The Kier molecular flexibility index (Phi) is 5.40. The lowest BCUT2D eigenvalue weighted by molar-refractivity contribution is 0.259. The van der Waals surface area contributed by atoms with Gasteiger partial charge in [-0.1, -0.05) is 0 Å². The van der Waals surface area contributed by atoms with E-state index in [1.165, 1.54) is 25.5 Å². The molecule has 0 radical (unpaired) electrons. The molecule has 0 amide bonds. The van der Waals surface area contributed by atoms with Crippen LogP contribution in [0.25, 0.3) is 0 Å². The summed E-state index contributed by atoms with van der Waals surface area (Å²) in [7, 11) is 1.10. The summed E-state index contributed by atoms with van der Waals surface area (Å²) in [6.07, 6.45) is 1.53. The normalized spacial score (nSPS) is 13.3. The average molecular weight is 342 g/mol. The Morgan fingerprint density at radius 3 is 2.61 bits per heavy atom. The van der Waals surface area contributed by atoms with E-state index in [9.17, 15) is 12.8 Å². The Hall–Kier alpha value is -1.90. The molecule has 2 aromatic rings. The maximum absolute atomic E-state index is 13.7. The largest absolute Gasteiger partial charge is 0.494 e. The summed E-state index contributed by atoms with van der Waals surface area (Å²) in [6, 6.07) is 6.73. The third-order valence-electron chi connectivity index (χ3n) is 3.40. The molecule has 0 aliphatic rings. The molecule has 6 nitrogen and oxygen atoms in total. The van der Waals surface area contributed by atoms with Gasteiger partial charge < -0.3 is 9.15 Å². The quantitative estimate of drug-likeness (QED) is 0.833. The molecule has 2 rings (SSSR count). The summed E-state index contributed by atoms with van der Waals surface area (Å²) in [5.74, 6) is -0.102. The minimum absolute atomic E-state index is 0.00861. The molecule has 0 saturated carbocycles. The number of nitrogens with one attached hydrogen (secondary N) is 1. The number of sulfonamides is 1. The van der Waals surface area contributed by atoms with Crippen LogP contribution in [0.4, 0.5) is 4.39 Å². The molecule has 1 heterocycles. The molecule has 1 N–H and O–H groups in total. The van der Waals surface area contributed by atoms with Gasteiger partial charge >= 0.3 is 0 Å². The minimum atomic E-state index is -3.84. The summed E-state index contributed by atoms with van der Waals surface area (Å²) in [5, 5.41) is 0. The molecule has 126 valence electrons. The van der Waals surface area contributed by atoms with E-state index in [-0.39, 0.29) is 23.2 Å². The number of likely N-dealkylation sites (N-methyl/N-ethyl adjacent to an activating group) is 1. The van der Waals surface area contributed by atoms with Gasteiger partial charge in [-0.3, -0.25) is 4.90 Å². The van der Waals surface area contributed by atoms with Gasteiger partial charge in [-0.2, -0.15) is 0 Å². The van der Waals surface area contributed by atoms with E-state index in [1.54, 1.807) is 12.1 Å². The molecule has 23 heavy (non-hydrogen) atoms. The molecule has 1 aromatic carbocycles. The van der Waals surface area contributed by atoms with E-state index in [1.807, 2.05) is 19.0 Å². The van der Waals surface area contributed by atoms with Crippen LogP contribution in [0.3, 0.4) is 0 Å². The van der Waals surface area contributed by atoms with Crippen LogP contribution in [0.15, 0.2) is 45.9 Å². The molecule has 0 spiro atoms. The van der Waals surface area contributed by atoms with Gasteiger partial charge in [-0.05, 0) is 44.4 Å². The van der Waals surface area contributed by atoms with E-state index in [0.717, 1.165) is 6.07 Å². The summed E-state index contributed by atoms with van der Waals surface area (Å²) >= 11 is 0. The monoisotopic (exact) mass is 342 g/mol. The first kappa shape index (κ1) is 17.5. The molecule has 0 fully saturated rings. The topological polar surface area (TPSA) is 71.8 Å². The van der Waals surface area contributed by atoms with Gasteiger partial charge in [-0.25, -0.2) is 17.5 Å². The van der Waals surface area contributed by atoms with Crippen LogP contribution in [0.5, 0.6) is 5.75 Å². The highest BCUT2D eigenvalue weighted by Gasteiger charge is 2.22. The summed E-state index contributed by atoms with van der Waals surface area (Å²) in [4.78, 5) is 1.67. The molecular formula is C15H19FN2O4S. The van der Waals surface area contributed by atoms with E-state index in [4.69, 9.17) is 9.15 Å². The molecule has 0 aliphatic carbocycles. The number of methoxy groups -OCH3 is 1. The number of benzene rings is 1. The van der Waals surface area contributed by atoms with Crippen molar-refractivity contribution in [1.29, 1.82) is 0 Å². The van der Waals surface area contributed by atoms with Gasteiger partial charge in [0.2, 0.25) is 10.0 Å². The third kappa shape index (κ3) is 4.10. The standard InChI is InChI=1S/C15H19FN2O4S/c1-18(2)13(15-5-4-8-22-15)10-17-23(19,20)11-6-7-14(21-3)12(16)9-11/h4-9,13,17H,10H2,1-3H3/t13-/m0/s1. The van der Waals surface area contributed by atoms with Crippen LogP contribution in [-0.4, -0.2) is 41.1 Å². The Balaban J connectivity index is 2.16. The van der Waals surface area contributed by atoms with Gasteiger partial charge in [0.1, 0.15) is 5.76 Å². The highest BCUT2D eigenvalue weighted by Crippen LogP contribution is 2.22. The van der Waals surface area contributed by atoms with E-state index in [0.29, 0.717) is 5.76 Å². The maximum atomic E-state index is 13.7. The molecule has 0 bridgehead atoms. The molecule has 0 unspecified atom stereocenters. The zero-order valence-electron chi connectivity index (χ0n) is 13.1. The Bertz CT molecular complexity index is 745. The van der Waals surface area contributed by atoms with Crippen LogP contribution >= 0.6 is 0 Å². The van der Waals surface area contributed by atoms with Crippen LogP contribution in [0.2, 0.25) is 0 Å². The van der Waals surface area contributed by atoms with Crippen LogP contribution in [0, 0.1) is 5.82 Å². The van der Waals surface area contributed by atoms with Crippen molar-refractivity contribution in [3.8, 4) is 5.75 Å². The van der Waals surface area contributed by atoms with E-state index in [2.05, 4.69) is 4.72 Å². The van der Waals surface area contributed by atoms with Gasteiger partial charge in [0.05, 0.1) is 24.3 Å². The fourth-order valence-corrected chi connectivity index (χ4v) is 3.15. The molecule has 1 aromatic heterocycles. The molecular weight excluding hydrogens is 323 g/mol. The number of furan rings is 1. The fourth-order valence-electron chi connectivity index (χ4n) is 2.10. The second-order valence-corrected chi connectivity index (χ2v) is 6.91. The number of hydrogen-bond donors (Lipinski definition) is 1. The number of ether oxygens (including phenoxy) is 1. The van der Waals surface area contributed by atoms with Gasteiger partial charge in [0, 0.05) is 6.54 Å². The van der Waals surface area contributed by atoms with Gasteiger partial charge in [-0.15, -0.1) is 0 Å². The predicted molar refractivity (Wildman–Crippen MR) is 83.3 cm³/mol.